The van der Waals surface area contributed by atoms with Crippen molar-refractivity contribution in [2.24, 2.45) is 0 Å². The van der Waals surface area contributed by atoms with Crippen LogP contribution in [0.5, 0.6) is 0 Å². The average molecular weight is 346 g/mol. The Morgan fingerprint density at radius 1 is 0.957 bits per heavy atom. The molecule has 0 atom stereocenters. The lowest BCUT2D eigenvalue weighted by atomic mass is 10.3. The standard InChI is InChI=1S/C16H13Cl2N5/c17-11-4-5-14(13(18)9-11)22-15-6-8-20-16(23-15)21-10-12-3-1-2-7-19-12/h1-9H,10H2,(H2,20,21,22,23). The first-order chi connectivity index (χ1) is 11.2. The van der Waals surface area contributed by atoms with Gasteiger partial charge < -0.3 is 10.6 Å². The number of halogens is 2. The van der Waals surface area contributed by atoms with Crippen LogP contribution in [0.1, 0.15) is 5.69 Å². The first-order valence-corrected chi connectivity index (χ1v) is 7.65. The predicted octanol–water partition coefficient (Wildman–Crippen LogP) is 4.53. The second-order valence-electron chi connectivity index (χ2n) is 4.69. The van der Waals surface area contributed by atoms with Crippen molar-refractivity contribution in [1.82, 2.24) is 15.0 Å². The zero-order valence-electron chi connectivity index (χ0n) is 12.0. The maximum Gasteiger partial charge on any atom is 0.224 e. The van der Waals surface area contributed by atoms with E-state index >= 15 is 0 Å². The predicted molar refractivity (Wildman–Crippen MR) is 93.3 cm³/mol. The fourth-order valence-corrected chi connectivity index (χ4v) is 2.37. The van der Waals surface area contributed by atoms with E-state index in [0.29, 0.717) is 28.4 Å². The molecular weight excluding hydrogens is 333 g/mol. The molecule has 0 radical (unpaired) electrons. The zero-order valence-corrected chi connectivity index (χ0v) is 13.5. The Morgan fingerprint density at radius 2 is 1.87 bits per heavy atom. The van der Waals surface area contributed by atoms with Crippen LogP contribution in [0.15, 0.2) is 54.9 Å². The molecule has 0 aliphatic heterocycles. The lowest BCUT2D eigenvalue weighted by molar-refractivity contribution is 1.00. The van der Waals surface area contributed by atoms with Crippen molar-refractivity contribution in [2.45, 2.75) is 6.54 Å². The van der Waals surface area contributed by atoms with Crippen molar-refractivity contribution >= 4 is 40.7 Å². The second-order valence-corrected chi connectivity index (χ2v) is 5.53. The molecule has 0 fully saturated rings. The summed E-state index contributed by atoms with van der Waals surface area (Å²) >= 11 is 12.0. The van der Waals surface area contributed by atoms with Gasteiger partial charge in [-0.2, -0.15) is 4.98 Å². The third-order valence-electron chi connectivity index (χ3n) is 3.00. The van der Waals surface area contributed by atoms with Gasteiger partial charge in [-0.1, -0.05) is 29.3 Å². The summed E-state index contributed by atoms with van der Waals surface area (Å²) in [5, 5.41) is 7.38. The molecule has 0 aliphatic rings. The third kappa shape index (κ3) is 4.31. The Hall–Kier alpha value is -2.37. The van der Waals surface area contributed by atoms with Crippen molar-refractivity contribution in [3.63, 3.8) is 0 Å². The molecule has 7 heteroatoms. The van der Waals surface area contributed by atoms with E-state index in [4.69, 9.17) is 23.2 Å². The van der Waals surface area contributed by atoms with Gasteiger partial charge in [0.2, 0.25) is 5.95 Å². The molecule has 3 rings (SSSR count). The smallest absolute Gasteiger partial charge is 0.224 e. The molecule has 3 aromatic rings. The van der Waals surface area contributed by atoms with Crippen LogP contribution in [-0.4, -0.2) is 15.0 Å². The highest BCUT2D eigenvalue weighted by molar-refractivity contribution is 6.36. The van der Waals surface area contributed by atoms with Crippen molar-refractivity contribution in [1.29, 1.82) is 0 Å². The molecule has 116 valence electrons. The molecule has 0 saturated carbocycles. The number of anilines is 3. The Labute approximate surface area is 143 Å². The Morgan fingerprint density at radius 3 is 2.65 bits per heavy atom. The highest BCUT2D eigenvalue weighted by Crippen LogP contribution is 2.27. The van der Waals surface area contributed by atoms with Gasteiger partial charge in [0.1, 0.15) is 5.82 Å². The quantitative estimate of drug-likeness (QED) is 0.710. The molecule has 0 amide bonds. The van der Waals surface area contributed by atoms with Gasteiger partial charge in [0.15, 0.2) is 0 Å². The molecule has 1 aromatic carbocycles. The molecular formula is C16H13Cl2N5. The van der Waals surface area contributed by atoms with E-state index in [9.17, 15) is 0 Å². The Bertz CT molecular complexity index is 795. The molecule has 2 N–H and O–H groups in total. The van der Waals surface area contributed by atoms with Crippen molar-refractivity contribution in [3.8, 4) is 0 Å². The summed E-state index contributed by atoms with van der Waals surface area (Å²) < 4.78 is 0. The maximum absolute atomic E-state index is 6.15. The minimum Gasteiger partial charge on any atom is -0.349 e. The Kier molecular flexibility index (Phi) is 4.90. The van der Waals surface area contributed by atoms with E-state index in [1.54, 1.807) is 36.7 Å². The molecule has 23 heavy (non-hydrogen) atoms. The fraction of sp³-hybridized carbons (Fsp3) is 0.0625. The normalized spacial score (nSPS) is 10.3. The van der Waals surface area contributed by atoms with E-state index in [1.165, 1.54) is 0 Å². The minimum absolute atomic E-state index is 0.505. The minimum atomic E-state index is 0.505. The monoisotopic (exact) mass is 345 g/mol. The van der Waals surface area contributed by atoms with E-state index < -0.39 is 0 Å². The number of nitrogens with one attached hydrogen (secondary N) is 2. The lowest BCUT2D eigenvalue weighted by Gasteiger charge is -2.09. The van der Waals surface area contributed by atoms with Crippen molar-refractivity contribution in [2.75, 3.05) is 10.6 Å². The third-order valence-corrected chi connectivity index (χ3v) is 3.55. The SMILES string of the molecule is Clc1ccc(Nc2ccnc(NCc3ccccn3)n2)c(Cl)c1. The van der Waals surface area contributed by atoms with E-state index in [0.717, 1.165) is 11.4 Å². The van der Waals surface area contributed by atoms with Crippen LogP contribution in [0.3, 0.4) is 0 Å². The summed E-state index contributed by atoms with van der Waals surface area (Å²) in [4.78, 5) is 12.8. The molecule has 0 bridgehead atoms. The van der Waals surface area contributed by atoms with Crippen LogP contribution >= 0.6 is 23.2 Å². The molecule has 0 unspecified atom stereocenters. The van der Waals surface area contributed by atoms with E-state index in [2.05, 4.69) is 25.6 Å². The highest BCUT2D eigenvalue weighted by atomic mass is 35.5. The van der Waals surface area contributed by atoms with Crippen LogP contribution in [0.2, 0.25) is 10.0 Å². The van der Waals surface area contributed by atoms with Crippen LogP contribution in [0.4, 0.5) is 17.5 Å². The lowest BCUT2D eigenvalue weighted by Crippen LogP contribution is -2.06. The molecule has 0 spiro atoms. The fourth-order valence-electron chi connectivity index (χ4n) is 1.91. The van der Waals surface area contributed by atoms with Gasteiger partial charge in [0.05, 0.1) is 22.9 Å². The molecule has 5 nitrogen and oxygen atoms in total. The summed E-state index contributed by atoms with van der Waals surface area (Å²) in [6.07, 6.45) is 3.41. The average Bonchev–Trinajstić information content (AvgIpc) is 2.57. The first kappa shape index (κ1) is 15.5. The van der Waals surface area contributed by atoms with Gasteiger partial charge in [-0.05, 0) is 36.4 Å². The van der Waals surface area contributed by atoms with Crippen molar-refractivity contribution in [3.05, 3.63) is 70.6 Å². The van der Waals surface area contributed by atoms with Crippen LogP contribution < -0.4 is 10.6 Å². The number of pyridine rings is 1. The number of benzene rings is 1. The number of nitrogens with zero attached hydrogens (tertiary/aromatic N) is 3. The summed E-state index contributed by atoms with van der Waals surface area (Å²) in [6.45, 7) is 0.548. The van der Waals surface area contributed by atoms with Gasteiger partial charge in [-0.15, -0.1) is 0 Å². The van der Waals surface area contributed by atoms with Gasteiger partial charge >= 0.3 is 0 Å². The zero-order chi connectivity index (χ0) is 16.1. The molecule has 0 aliphatic carbocycles. The molecule has 2 heterocycles. The topological polar surface area (TPSA) is 62.7 Å². The van der Waals surface area contributed by atoms with Gasteiger partial charge in [0.25, 0.3) is 0 Å². The first-order valence-electron chi connectivity index (χ1n) is 6.89. The number of hydrogen-bond donors (Lipinski definition) is 2. The summed E-state index contributed by atoms with van der Waals surface area (Å²) in [5.41, 5.74) is 1.64. The van der Waals surface area contributed by atoms with E-state index in [-0.39, 0.29) is 0 Å². The highest BCUT2D eigenvalue weighted by Gasteiger charge is 2.04. The van der Waals surface area contributed by atoms with Gasteiger partial charge in [-0.3, -0.25) is 4.98 Å². The molecule has 2 aromatic heterocycles. The van der Waals surface area contributed by atoms with Crippen LogP contribution in [-0.2, 0) is 6.54 Å². The second kappa shape index (κ2) is 7.26. The number of rotatable bonds is 5. The molecule has 0 saturated heterocycles. The van der Waals surface area contributed by atoms with Gasteiger partial charge in [0, 0.05) is 17.4 Å². The van der Waals surface area contributed by atoms with E-state index in [1.807, 2.05) is 18.2 Å². The van der Waals surface area contributed by atoms with Crippen molar-refractivity contribution < 1.29 is 0 Å². The Balaban J connectivity index is 1.69. The number of aromatic nitrogens is 3. The largest absolute Gasteiger partial charge is 0.349 e. The van der Waals surface area contributed by atoms with Crippen LogP contribution in [0, 0.1) is 0 Å². The van der Waals surface area contributed by atoms with Crippen LogP contribution in [0.25, 0.3) is 0 Å². The van der Waals surface area contributed by atoms with Gasteiger partial charge in [-0.25, -0.2) is 4.98 Å². The maximum atomic E-state index is 6.15. The summed E-state index contributed by atoms with van der Waals surface area (Å²) in [7, 11) is 0. The number of hydrogen-bond acceptors (Lipinski definition) is 5. The summed E-state index contributed by atoms with van der Waals surface area (Å²) in [5.74, 6) is 1.14. The summed E-state index contributed by atoms with van der Waals surface area (Å²) in [6, 6.07) is 12.7.